The Hall–Kier alpha value is -6.13. The normalized spacial score (nSPS) is 11.6. The molecule has 0 radical (unpaired) electrons. The number of hydrogen-bond acceptors (Lipinski definition) is 3. The topological polar surface area (TPSA) is 43.6 Å². The van der Waals surface area contributed by atoms with Gasteiger partial charge in [-0.2, -0.15) is 0 Å². The lowest BCUT2D eigenvalue weighted by Gasteiger charge is -2.14. The van der Waals surface area contributed by atoms with Crippen molar-refractivity contribution in [3.8, 4) is 45.0 Å². The van der Waals surface area contributed by atoms with E-state index in [1.54, 1.807) is 0 Å². The van der Waals surface area contributed by atoms with Crippen molar-refractivity contribution in [3.63, 3.8) is 0 Å². The van der Waals surface area contributed by atoms with Gasteiger partial charge in [-0.05, 0) is 47.7 Å². The standard InChI is InChI=1S/C43H30N4/c1-2-47-39-16-10-9-15-37(39)46-43(47)32-19-17-28(18-20-32)33-22-24-34-35-25-21-31-23-26-36(29-11-5-3-6-12-29)44-42(31)40(35)41(45-38(34)27-33)30-13-7-4-8-14-30/h3-27H,2H2,1H3. The van der Waals surface area contributed by atoms with Crippen LogP contribution in [-0.4, -0.2) is 19.5 Å². The second kappa shape index (κ2) is 11.0. The summed E-state index contributed by atoms with van der Waals surface area (Å²) < 4.78 is 2.28. The molecule has 6 aromatic carbocycles. The summed E-state index contributed by atoms with van der Waals surface area (Å²) in [5.41, 5.74) is 11.6. The molecule has 0 amide bonds. The number of aromatic nitrogens is 4. The van der Waals surface area contributed by atoms with Crippen LogP contribution in [0.3, 0.4) is 0 Å². The molecule has 222 valence electrons. The van der Waals surface area contributed by atoms with Crippen molar-refractivity contribution in [2.75, 3.05) is 0 Å². The van der Waals surface area contributed by atoms with Crippen LogP contribution in [0.4, 0.5) is 0 Å². The zero-order valence-corrected chi connectivity index (χ0v) is 25.9. The highest BCUT2D eigenvalue weighted by molar-refractivity contribution is 6.20. The Morgan fingerprint density at radius 2 is 1.15 bits per heavy atom. The van der Waals surface area contributed by atoms with E-state index in [0.29, 0.717) is 0 Å². The van der Waals surface area contributed by atoms with Crippen LogP contribution in [0, 0.1) is 0 Å². The van der Waals surface area contributed by atoms with E-state index in [0.717, 1.165) is 95.2 Å². The molecule has 0 unspecified atom stereocenters. The summed E-state index contributed by atoms with van der Waals surface area (Å²) in [6.45, 7) is 3.03. The highest BCUT2D eigenvalue weighted by atomic mass is 15.1. The number of para-hydroxylation sites is 2. The molecule has 0 aliphatic carbocycles. The molecule has 0 N–H and O–H groups in total. The van der Waals surface area contributed by atoms with Crippen molar-refractivity contribution >= 4 is 43.6 Å². The molecule has 4 nitrogen and oxygen atoms in total. The van der Waals surface area contributed by atoms with Crippen LogP contribution in [0.15, 0.2) is 152 Å². The van der Waals surface area contributed by atoms with Crippen molar-refractivity contribution < 1.29 is 0 Å². The average molecular weight is 603 g/mol. The summed E-state index contributed by atoms with van der Waals surface area (Å²) in [5.74, 6) is 0.996. The summed E-state index contributed by atoms with van der Waals surface area (Å²) in [4.78, 5) is 15.6. The molecular formula is C43H30N4. The SMILES string of the molecule is CCn1c(-c2ccc(-c3ccc4c(c3)nc(-c3ccccc3)c3c4ccc4ccc(-c5ccccc5)nc43)cc2)nc2ccccc21. The van der Waals surface area contributed by atoms with Gasteiger partial charge < -0.3 is 4.57 Å². The molecule has 47 heavy (non-hydrogen) atoms. The number of aryl methyl sites for hydroxylation is 1. The third-order valence-electron chi connectivity index (χ3n) is 9.18. The quantitative estimate of drug-likeness (QED) is 0.184. The van der Waals surface area contributed by atoms with E-state index in [9.17, 15) is 0 Å². The molecule has 9 aromatic rings. The van der Waals surface area contributed by atoms with Crippen LogP contribution in [0.1, 0.15) is 6.92 Å². The van der Waals surface area contributed by atoms with Gasteiger partial charge in [-0.25, -0.2) is 15.0 Å². The molecular weight excluding hydrogens is 573 g/mol. The van der Waals surface area contributed by atoms with E-state index in [1.807, 2.05) is 18.2 Å². The van der Waals surface area contributed by atoms with Crippen LogP contribution < -0.4 is 0 Å². The lowest BCUT2D eigenvalue weighted by Crippen LogP contribution is -1.97. The van der Waals surface area contributed by atoms with Gasteiger partial charge in [-0.1, -0.05) is 127 Å². The van der Waals surface area contributed by atoms with E-state index in [4.69, 9.17) is 15.0 Å². The number of nitrogens with zero attached hydrogens (tertiary/aromatic N) is 4. The van der Waals surface area contributed by atoms with Gasteiger partial charge >= 0.3 is 0 Å². The molecule has 0 fully saturated rings. The number of imidazole rings is 1. The molecule has 4 heteroatoms. The van der Waals surface area contributed by atoms with Crippen LogP contribution >= 0.6 is 0 Å². The summed E-state index contributed by atoms with van der Waals surface area (Å²) in [5, 5.41) is 4.45. The molecule has 0 saturated heterocycles. The number of hydrogen-bond donors (Lipinski definition) is 0. The maximum atomic E-state index is 5.37. The summed E-state index contributed by atoms with van der Waals surface area (Å²) in [6.07, 6.45) is 0. The zero-order valence-electron chi connectivity index (χ0n) is 25.9. The first-order valence-corrected chi connectivity index (χ1v) is 16.1. The minimum atomic E-state index is 0.865. The fourth-order valence-corrected chi connectivity index (χ4v) is 6.86. The van der Waals surface area contributed by atoms with Gasteiger partial charge in [-0.3, -0.25) is 0 Å². The smallest absolute Gasteiger partial charge is 0.141 e. The molecule has 3 heterocycles. The van der Waals surface area contributed by atoms with Crippen molar-refractivity contribution in [1.82, 2.24) is 19.5 Å². The summed E-state index contributed by atoms with van der Waals surface area (Å²) in [6, 6.07) is 53.3. The number of rotatable bonds is 5. The maximum absolute atomic E-state index is 5.37. The van der Waals surface area contributed by atoms with E-state index in [1.165, 1.54) is 0 Å². The summed E-state index contributed by atoms with van der Waals surface area (Å²) in [7, 11) is 0. The van der Waals surface area contributed by atoms with Gasteiger partial charge in [0.2, 0.25) is 0 Å². The first-order valence-electron chi connectivity index (χ1n) is 16.1. The molecule has 0 aliphatic heterocycles. The Balaban J connectivity index is 1.20. The van der Waals surface area contributed by atoms with Crippen molar-refractivity contribution in [2.24, 2.45) is 0 Å². The minimum Gasteiger partial charge on any atom is -0.324 e. The molecule has 0 bridgehead atoms. The maximum Gasteiger partial charge on any atom is 0.141 e. The molecule has 0 saturated carbocycles. The van der Waals surface area contributed by atoms with Crippen LogP contribution in [0.25, 0.3) is 88.6 Å². The Bertz CT molecular complexity index is 2590. The minimum absolute atomic E-state index is 0.865. The Morgan fingerprint density at radius 3 is 1.94 bits per heavy atom. The lowest BCUT2D eigenvalue weighted by atomic mass is 9.95. The fraction of sp³-hybridized carbons (Fsp3) is 0.0465. The highest BCUT2D eigenvalue weighted by Gasteiger charge is 2.16. The van der Waals surface area contributed by atoms with Gasteiger partial charge in [0, 0.05) is 39.4 Å². The van der Waals surface area contributed by atoms with E-state index in [-0.39, 0.29) is 0 Å². The Kier molecular flexibility index (Phi) is 6.39. The van der Waals surface area contributed by atoms with Crippen molar-refractivity contribution in [1.29, 1.82) is 0 Å². The zero-order chi connectivity index (χ0) is 31.3. The number of fused-ring (bicyclic) bond motifs is 6. The molecule has 0 spiro atoms. The first kappa shape index (κ1) is 27.2. The Morgan fingerprint density at radius 1 is 0.489 bits per heavy atom. The Labute approximate surface area is 272 Å². The van der Waals surface area contributed by atoms with Crippen molar-refractivity contribution in [3.05, 3.63) is 152 Å². The predicted octanol–water partition coefficient (Wildman–Crippen LogP) is 11.0. The molecule has 9 rings (SSSR count). The lowest BCUT2D eigenvalue weighted by molar-refractivity contribution is 0.796. The molecule has 0 atom stereocenters. The first-order chi connectivity index (χ1) is 23.2. The average Bonchev–Trinajstić information content (AvgIpc) is 3.53. The van der Waals surface area contributed by atoms with E-state index < -0.39 is 0 Å². The predicted molar refractivity (Wildman–Crippen MR) is 195 cm³/mol. The molecule has 3 aromatic heterocycles. The van der Waals surface area contributed by atoms with Crippen LogP contribution in [0.5, 0.6) is 0 Å². The van der Waals surface area contributed by atoms with E-state index in [2.05, 4.69) is 145 Å². The number of pyridine rings is 2. The van der Waals surface area contributed by atoms with Crippen LogP contribution in [0.2, 0.25) is 0 Å². The second-order valence-corrected chi connectivity index (χ2v) is 11.9. The number of benzene rings is 6. The second-order valence-electron chi connectivity index (χ2n) is 11.9. The fourth-order valence-electron chi connectivity index (χ4n) is 6.86. The van der Waals surface area contributed by atoms with Gasteiger partial charge in [0.1, 0.15) is 5.82 Å². The van der Waals surface area contributed by atoms with Gasteiger partial charge in [0.15, 0.2) is 0 Å². The largest absolute Gasteiger partial charge is 0.324 e. The van der Waals surface area contributed by atoms with Crippen LogP contribution in [-0.2, 0) is 6.54 Å². The third kappa shape index (κ3) is 4.57. The third-order valence-corrected chi connectivity index (χ3v) is 9.18. The van der Waals surface area contributed by atoms with Gasteiger partial charge in [-0.15, -0.1) is 0 Å². The van der Waals surface area contributed by atoms with E-state index >= 15 is 0 Å². The van der Waals surface area contributed by atoms with Gasteiger partial charge in [0.05, 0.1) is 33.5 Å². The summed E-state index contributed by atoms with van der Waals surface area (Å²) >= 11 is 0. The highest BCUT2D eigenvalue weighted by Crippen LogP contribution is 2.39. The van der Waals surface area contributed by atoms with Crippen molar-refractivity contribution in [2.45, 2.75) is 13.5 Å². The molecule has 0 aliphatic rings. The van der Waals surface area contributed by atoms with Gasteiger partial charge in [0.25, 0.3) is 0 Å². The monoisotopic (exact) mass is 602 g/mol.